The van der Waals surface area contributed by atoms with Crippen molar-refractivity contribution in [1.29, 1.82) is 0 Å². The molecule has 2 heterocycles. The van der Waals surface area contributed by atoms with Crippen LogP contribution in [0.25, 0.3) is 0 Å². The molecule has 4 N–H and O–H groups in total. The van der Waals surface area contributed by atoms with Gasteiger partial charge in [-0.15, -0.1) is 0 Å². The zero-order chi connectivity index (χ0) is 18.0. The van der Waals surface area contributed by atoms with Crippen LogP contribution < -0.4 is 15.6 Å². The van der Waals surface area contributed by atoms with Gasteiger partial charge in [-0.05, 0) is 37.3 Å². The molecule has 1 unspecified atom stereocenters. The van der Waals surface area contributed by atoms with Crippen molar-refractivity contribution >= 4 is 5.91 Å². The number of pyridine rings is 1. The van der Waals surface area contributed by atoms with Crippen LogP contribution in [0.3, 0.4) is 0 Å². The van der Waals surface area contributed by atoms with E-state index in [4.69, 9.17) is 4.74 Å². The number of nitrogens with zero attached hydrogens (tertiary/aromatic N) is 1. The molecule has 134 valence electrons. The third-order valence-electron chi connectivity index (χ3n) is 4.69. The SMILES string of the molecule is COc1cncc(C(NC(=O)Cc2c(C)[nH][nH]c2=O)C2CC(O)C2)c1. The van der Waals surface area contributed by atoms with E-state index >= 15 is 0 Å². The lowest BCUT2D eigenvalue weighted by molar-refractivity contribution is -0.122. The molecule has 1 aliphatic rings. The first-order valence-electron chi connectivity index (χ1n) is 8.20. The fourth-order valence-corrected chi connectivity index (χ4v) is 3.16. The Morgan fingerprint density at radius 1 is 1.44 bits per heavy atom. The highest BCUT2D eigenvalue weighted by Crippen LogP contribution is 2.38. The van der Waals surface area contributed by atoms with Crippen LogP contribution >= 0.6 is 0 Å². The number of aromatic amines is 2. The molecule has 2 aromatic heterocycles. The zero-order valence-corrected chi connectivity index (χ0v) is 14.2. The summed E-state index contributed by atoms with van der Waals surface area (Å²) in [5.41, 5.74) is 1.61. The number of aromatic nitrogens is 3. The summed E-state index contributed by atoms with van der Waals surface area (Å²) in [7, 11) is 1.56. The molecule has 1 amide bonds. The maximum atomic E-state index is 12.5. The van der Waals surface area contributed by atoms with Crippen molar-refractivity contribution in [1.82, 2.24) is 20.5 Å². The highest BCUT2D eigenvalue weighted by Gasteiger charge is 2.36. The lowest BCUT2D eigenvalue weighted by atomic mass is 9.75. The van der Waals surface area contributed by atoms with Crippen LogP contribution in [0.4, 0.5) is 0 Å². The highest BCUT2D eigenvalue weighted by atomic mass is 16.5. The number of hydrogen-bond acceptors (Lipinski definition) is 5. The minimum Gasteiger partial charge on any atom is -0.495 e. The number of rotatable bonds is 6. The number of hydrogen-bond donors (Lipinski definition) is 4. The first-order valence-corrected chi connectivity index (χ1v) is 8.20. The number of aliphatic hydroxyl groups is 1. The monoisotopic (exact) mass is 346 g/mol. The second-order valence-electron chi connectivity index (χ2n) is 6.45. The third-order valence-corrected chi connectivity index (χ3v) is 4.69. The largest absolute Gasteiger partial charge is 0.495 e. The Hall–Kier alpha value is -2.61. The van der Waals surface area contributed by atoms with Gasteiger partial charge in [-0.3, -0.25) is 19.7 Å². The molecule has 0 spiro atoms. The predicted octanol–water partition coefficient (Wildman–Crippen LogP) is 0.586. The predicted molar refractivity (Wildman–Crippen MR) is 90.3 cm³/mol. The zero-order valence-electron chi connectivity index (χ0n) is 14.2. The van der Waals surface area contributed by atoms with Crippen LogP contribution in [-0.2, 0) is 11.2 Å². The van der Waals surface area contributed by atoms with Crippen molar-refractivity contribution in [3.63, 3.8) is 0 Å². The first-order chi connectivity index (χ1) is 12.0. The molecule has 8 nitrogen and oxygen atoms in total. The Kier molecular flexibility index (Phi) is 4.89. The highest BCUT2D eigenvalue weighted by molar-refractivity contribution is 5.79. The number of ether oxygens (including phenoxy) is 1. The van der Waals surface area contributed by atoms with E-state index in [-0.39, 0.29) is 36.0 Å². The van der Waals surface area contributed by atoms with E-state index < -0.39 is 0 Å². The Labute approximate surface area is 144 Å². The molecule has 0 radical (unpaired) electrons. The summed E-state index contributed by atoms with van der Waals surface area (Å²) in [6.45, 7) is 1.74. The molecule has 0 aromatic carbocycles. The number of aryl methyl sites for hydroxylation is 1. The fraction of sp³-hybridized carbons (Fsp3) is 0.471. The Morgan fingerprint density at radius 2 is 2.20 bits per heavy atom. The lowest BCUT2D eigenvalue weighted by Crippen LogP contribution is -2.42. The summed E-state index contributed by atoms with van der Waals surface area (Å²) in [4.78, 5) is 28.4. The molecule has 0 aliphatic heterocycles. The van der Waals surface area contributed by atoms with Crippen molar-refractivity contribution in [3.05, 3.63) is 45.6 Å². The molecule has 25 heavy (non-hydrogen) atoms. The van der Waals surface area contributed by atoms with Crippen LogP contribution in [-0.4, -0.2) is 39.4 Å². The van der Waals surface area contributed by atoms with E-state index in [1.54, 1.807) is 26.4 Å². The Balaban J connectivity index is 1.78. The van der Waals surface area contributed by atoms with Crippen LogP contribution in [0, 0.1) is 12.8 Å². The van der Waals surface area contributed by atoms with Crippen molar-refractivity contribution in [3.8, 4) is 5.75 Å². The van der Waals surface area contributed by atoms with Gasteiger partial charge in [0.1, 0.15) is 5.75 Å². The van der Waals surface area contributed by atoms with Gasteiger partial charge in [-0.1, -0.05) is 0 Å². The van der Waals surface area contributed by atoms with E-state index in [1.165, 1.54) is 0 Å². The van der Waals surface area contributed by atoms with Crippen molar-refractivity contribution < 1.29 is 14.6 Å². The normalized spacial score (nSPS) is 20.6. The minimum absolute atomic E-state index is 0.00611. The maximum absolute atomic E-state index is 12.5. The van der Waals surface area contributed by atoms with E-state index in [0.29, 0.717) is 29.8 Å². The number of nitrogens with one attached hydrogen (secondary N) is 3. The number of amides is 1. The smallest absolute Gasteiger partial charge is 0.267 e. The number of H-pyrrole nitrogens is 2. The van der Waals surface area contributed by atoms with Crippen LogP contribution in [0.5, 0.6) is 5.75 Å². The summed E-state index contributed by atoms with van der Waals surface area (Å²) in [5, 5.41) is 17.8. The van der Waals surface area contributed by atoms with Gasteiger partial charge in [0.2, 0.25) is 5.91 Å². The molecular weight excluding hydrogens is 324 g/mol. The maximum Gasteiger partial charge on any atom is 0.267 e. The number of aliphatic hydroxyl groups excluding tert-OH is 1. The van der Waals surface area contributed by atoms with E-state index in [2.05, 4.69) is 20.5 Å². The third kappa shape index (κ3) is 3.74. The minimum atomic E-state index is -0.335. The van der Waals surface area contributed by atoms with Crippen molar-refractivity contribution in [2.45, 2.75) is 38.3 Å². The lowest BCUT2D eigenvalue weighted by Gasteiger charge is -2.38. The summed E-state index contributed by atoms with van der Waals surface area (Å²) >= 11 is 0. The second kappa shape index (κ2) is 7.10. The molecule has 3 rings (SSSR count). The molecule has 8 heteroatoms. The van der Waals surface area contributed by atoms with Gasteiger partial charge in [-0.2, -0.15) is 0 Å². The van der Waals surface area contributed by atoms with Gasteiger partial charge in [0.15, 0.2) is 0 Å². The van der Waals surface area contributed by atoms with E-state index in [0.717, 1.165) is 5.56 Å². The standard InChI is InChI=1S/C17H22N4O4/c1-9-14(17(24)21-20-9)6-15(23)19-16(10-3-12(22)4-10)11-5-13(25-2)8-18-7-11/h5,7-8,10,12,16,22H,3-4,6H2,1-2H3,(H,19,23)(H2,20,21,24). The van der Waals surface area contributed by atoms with Crippen LogP contribution in [0.1, 0.15) is 35.7 Å². The van der Waals surface area contributed by atoms with Crippen molar-refractivity contribution in [2.75, 3.05) is 7.11 Å². The molecule has 1 saturated carbocycles. The van der Waals surface area contributed by atoms with E-state index in [1.807, 2.05) is 6.07 Å². The van der Waals surface area contributed by atoms with Gasteiger partial charge in [0, 0.05) is 17.5 Å². The van der Waals surface area contributed by atoms with Crippen LogP contribution in [0.2, 0.25) is 0 Å². The average molecular weight is 346 g/mol. The average Bonchev–Trinajstić information content (AvgIpc) is 2.89. The van der Waals surface area contributed by atoms with Crippen molar-refractivity contribution in [2.24, 2.45) is 5.92 Å². The van der Waals surface area contributed by atoms with Gasteiger partial charge in [0.05, 0.1) is 31.9 Å². The molecule has 1 aliphatic carbocycles. The van der Waals surface area contributed by atoms with Gasteiger partial charge in [0.25, 0.3) is 5.56 Å². The molecule has 1 atom stereocenters. The Bertz CT molecular complexity index is 807. The quantitative estimate of drug-likeness (QED) is 0.610. The number of carbonyl (C=O) groups is 1. The molecular formula is C17H22N4O4. The summed E-state index contributed by atoms with van der Waals surface area (Å²) in [6.07, 6.45) is 4.18. The van der Waals surface area contributed by atoms with Crippen LogP contribution in [0.15, 0.2) is 23.3 Å². The molecule has 1 fully saturated rings. The summed E-state index contributed by atoms with van der Waals surface area (Å²) in [5.74, 6) is 0.482. The summed E-state index contributed by atoms with van der Waals surface area (Å²) in [6, 6.07) is 1.55. The number of carbonyl (C=O) groups excluding carboxylic acids is 1. The van der Waals surface area contributed by atoms with Gasteiger partial charge >= 0.3 is 0 Å². The van der Waals surface area contributed by atoms with Gasteiger partial charge < -0.3 is 20.3 Å². The molecule has 0 bridgehead atoms. The fourth-order valence-electron chi connectivity index (χ4n) is 3.16. The first kappa shape index (κ1) is 17.2. The number of methoxy groups -OCH3 is 1. The second-order valence-corrected chi connectivity index (χ2v) is 6.45. The van der Waals surface area contributed by atoms with Gasteiger partial charge in [-0.25, -0.2) is 0 Å². The molecule has 0 saturated heterocycles. The van der Waals surface area contributed by atoms with E-state index in [9.17, 15) is 14.7 Å². The summed E-state index contributed by atoms with van der Waals surface area (Å²) < 4.78 is 5.21. The molecule has 2 aromatic rings. The topological polar surface area (TPSA) is 120 Å². The Morgan fingerprint density at radius 3 is 2.80 bits per heavy atom.